The Balaban J connectivity index is 1.87. The van der Waals surface area contributed by atoms with Gasteiger partial charge < -0.3 is 10.0 Å². The molecule has 1 aromatic rings. The molecule has 0 aliphatic carbocycles. The van der Waals surface area contributed by atoms with E-state index in [1.165, 1.54) is 12.1 Å². The van der Waals surface area contributed by atoms with Crippen molar-refractivity contribution >= 4 is 11.7 Å². The fourth-order valence-corrected chi connectivity index (χ4v) is 2.64. The van der Waals surface area contributed by atoms with Gasteiger partial charge in [-0.15, -0.1) is 0 Å². The van der Waals surface area contributed by atoms with E-state index < -0.39 is 10.9 Å². The summed E-state index contributed by atoms with van der Waals surface area (Å²) >= 11 is 0. The third-order valence-corrected chi connectivity index (χ3v) is 3.87. The third kappa shape index (κ3) is 3.33. The molecule has 108 valence electrons. The fraction of sp³-hybridized carbons (Fsp3) is 0.500. The van der Waals surface area contributed by atoms with Crippen molar-refractivity contribution in [2.24, 2.45) is 11.8 Å². The zero-order valence-electron chi connectivity index (χ0n) is 11.4. The molecule has 1 saturated heterocycles. The van der Waals surface area contributed by atoms with Gasteiger partial charge in [-0.3, -0.25) is 14.9 Å². The Labute approximate surface area is 117 Å². The number of carboxylic acid groups (broad SMARTS) is 1. The molecule has 0 amide bonds. The van der Waals surface area contributed by atoms with Crippen molar-refractivity contribution < 1.29 is 14.8 Å². The average molecular weight is 278 g/mol. The minimum absolute atomic E-state index is 0.0921. The van der Waals surface area contributed by atoms with Crippen molar-refractivity contribution in [3.8, 4) is 0 Å². The summed E-state index contributed by atoms with van der Waals surface area (Å²) in [5.74, 6) is -0.841. The maximum absolute atomic E-state index is 11.0. The Morgan fingerprint density at radius 1 is 1.40 bits per heavy atom. The van der Waals surface area contributed by atoms with Crippen LogP contribution in [0.1, 0.15) is 12.5 Å². The van der Waals surface area contributed by atoms with Crippen LogP contribution in [0.15, 0.2) is 24.3 Å². The molecule has 6 heteroatoms. The van der Waals surface area contributed by atoms with Gasteiger partial charge in [0, 0.05) is 31.8 Å². The largest absolute Gasteiger partial charge is 0.481 e. The van der Waals surface area contributed by atoms with Crippen LogP contribution < -0.4 is 0 Å². The molecule has 2 rings (SSSR count). The molecule has 20 heavy (non-hydrogen) atoms. The van der Waals surface area contributed by atoms with E-state index in [1.54, 1.807) is 12.1 Å². The predicted molar refractivity (Wildman–Crippen MR) is 73.5 cm³/mol. The quantitative estimate of drug-likeness (QED) is 0.655. The van der Waals surface area contributed by atoms with Crippen LogP contribution in [0.3, 0.4) is 0 Å². The van der Waals surface area contributed by atoms with Gasteiger partial charge >= 0.3 is 5.97 Å². The van der Waals surface area contributed by atoms with Gasteiger partial charge in [0.25, 0.3) is 5.69 Å². The molecule has 0 radical (unpaired) electrons. The first kappa shape index (κ1) is 14.5. The molecule has 1 N–H and O–H groups in total. The van der Waals surface area contributed by atoms with Crippen molar-refractivity contribution in [3.63, 3.8) is 0 Å². The molecular weight excluding hydrogens is 260 g/mol. The Hall–Kier alpha value is -1.95. The van der Waals surface area contributed by atoms with Crippen LogP contribution in [0.5, 0.6) is 0 Å². The standard InChI is InChI=1S/C14H18N2O4/c1-10-8-15(9-13(10)14(17)18)7-6-11-2-4-12(5-3-11)16(19)20/h2-5,10,13H,6-9H2,1H3,(H,17,18). The van der Waals surface area contributed by atoms with Crippen LogP contribution in [0.25, 0.3) is 0 Å². The summed E-state index contributed by atoms with van der Waals surface area (Å²) in [5.41, 5.74) is 1.12. The molecular formula is C14H18N2O4. The topological polar surface area (TPSA) is 83.7 Å². The number of carbonyl (C=O) groups is 1. The zero-order chi connectivity index (χ0) is 14.7. The molecule has 2 atom stereocenters. The predicted octanol–water partition coefficient (Wildman–Crippen LogP) is 1.79. The Bertz CT molecular complexity index is 500. The number of non-ortho nitro benzene ring substituents is 1. The second-order valence-electron chi connectivity index (χ2n) is 5.36. The van der Waals surface area contributed by atoms with Crippen molar-refractivity contribution in [2.75, 3.05) is 19.6 Å². The van der Waals surface area contributed by atoms with Gasteiger partial charge in [-0.2, -0.15) is 0 Å². The Kier molecular flexibility index (Phi) is 4.34. The summed E-state index contributed by atoms with van der Waals surface area (Å²) in [5, 5.41) is 19.6. The lowest BCUT2D eigenvalue weighted by Crippen LogP contribution is -2.25. The molecule has 1 aromatic carbocycles. The van der Waals surface area contributed by atoms with Crippen LogP contribution in [-0.4, -0.2) is 40.5 Å². The van der Waals surface area contributed by atoms with Gasteiger partial charge in [-0.05, 0) is 17.9 Å². The smallest absolute Gasteiger partial charge is 0.308 e. The molecule has 0 saturated carbocycles. The Morgan fingerprint density at radius 2 is 2.05 bits per heavy atom. The number of nitrogens with zero attached hydrogens (tertiary/aromatic N) is 2. The molecule has 1 aliphatic rings. The molecule has 0 spiro atoms. The average Bonchev–Trinajstić information content (AvgIpc) is 2.78. The summed E-state index contributed by atoms with van der Waals surface area (Å²) in [4.78, 5) is 23.3. The molecule has 0 bridgehead atoms. The van der Waals surface area contributed by atoms with Crippen LogP contribution >= 0.6 is 0 Å². The van der Waals surface area contributed by atoms with Crippen LogP contribution in [0, 0.1) is 22.0 Å². The van der Waals surface area contributed by atoms with E-state index in [0.717, 1.165) is 25.1 Å². The highest BCUT2D eigenvalue weighted by molar-refractivity contribution is 5.71. The number of likely N-dealkylation sites (tertiary alicyclic amines) is 1. The lowest BCUT2D eigenvalue weighted by atomic mass is 9.99. The number of nitro groups is 1. The van der Waals surface area contributed by atoms with Gasteiger partial charge in [0.2, 0.25) is 0 Å². The minimum Gasteiger partial charge on any atom is -0.481 e. The number of carboxylic acids is 1. The van der Waals surface area contributed by atoms with Crippen LogP contribution in [0.2, 0.25) is 0 Å². The highest BCUT2D eigenvalue weighted by Crippen LogP contribution is 2.23. The third-order valence-electron chi connectivity index (χ3n) is 3.87. The van der Waals surface area contributed by atoms with E-state index in [2.05, 4.69) is 4.90 Å². The SMILES string of the molecule is CC1CN(CCc2ccc([N+](=O)[O-])cc2)CC1C(=O)O. The van der Waals surface area contributed by atoms with Crippen molar-refractivity contribution in [1.82, 2.24) is 4.90 Å². The second-order valence-corrected chi connectivity index (χ2v) is 5.36. The van der Waals surface area contributed by atoms with E-state index in [0.29, 0.717) is 6.54 Å². The highest BCUT2D eigenvalue weighted by atomic mass is 16.6. The maximum Gasteiger partial charge on any atom is 0.308 e. The number of hydrogen-bond acceptors (Lipinski definition) is 4. The van der Waals surface area contributed by atoms with Crippen LogP contribution in [0.4, 0.5) is 5.69 Å². The molecule has 0 aromatic heterocycles. The lowest BCUT2D eigenvalue weighted by Gasteiger charge is -2.14. The molecule has 2 unspecified atom stereocenters. The fourth-order valence-electron chi connectivity index (χ4n) is 2.64. The highest BCUT2D eigenvalue weighted by Gasteiger charge is 2.34. The van der Waals surface area contributed by atoms with E-state index in [-0.39, 0.29) is 17.5 Å². The molecule has 1 heterocycles. The van der Waals surface area contributed by atoms with Gasteiger partial charge in [0.15, 0.2) is 0 Å². The molecule has 1 fully saturated rings. The summed E-state index contributed by atoms with van der Waals surface area (Å²) in [7, 11) is 0. The maximum atomic E-state index is 11.0. The van der Waals surface area contributed by atoms with Crippen LogP contribution in [-0.2, 0) is 11.2 Å². The van der Waals surface area contributed by atoms with Gasteiger partial charge in [-0.25, -0.2) is 0 Å². The Morgan fingerprint density at radius 3 is 2.55 bits per heavy atom. The summed E-state index contributed by atoms with van der Waals surface area (Å²) in [6.45, 7) is 4.13. The summed E-state index contributed by atoms with van der Waals surface area (Å²) in [6, 6.07) is 6.52. The molecule has 1 aliphatic heterocycles. The van der Waals surface area contributed by atoms with Crippen molar-refractivity contribution in [2.45, 2.75) is 13.3 Å². The minimum atomic E-state index is -0.727. The summed E-state index contributed by atoms with van der Waals surface area (Å²) in [6.07, 6.45) is 0.775. The first-order chi connectivity index (χ1) is 9.47. The normalized spacial score (nSPS) is 22.9. The van der Waals surface area contributed by atoms with Crippen molar-refractivity contribution in [3.05, 3.63) is 39.9 Å². The number of rotatable bonds is 5. The lowest BCUT2D eigenvalue weighted by molar-refractivity contribution is -0.384. The zero-order valence-corrected chi connectivity index (χ0v) is 11.4. The monoisotopic (exact) mass is 278 g/mol. The number of aliphatic carboxylic acids is 1. The van der Waals surface area contributed by atoms with Crippen molar-refractivity contribution in [1.29, 1.82) is 0 Å². The van der Waals surface area contributed by atoms with E-state index in [4.69, 9.17) is 5.11 Å². The van der Waals surface area contributed by atoms with E-state index in [9.17, 15) is 14.9 Å². The molecule has 6 nitrogen and oxygen atoms in total. The number of nitro benzene ring substituents is 1. The first-order valence-corrected chi connectivity index (χ1v) is 6.66. The van der Waals surface area contributed by atoms with E-state index in [1.807, 2.05) is 6.92 Å². The second kappa shape index (κ2) is 6.00. The van der Waals surface area contributed by atoms with Gasteiger partial charge in [-0.1, -0.05) is 19.1 Å². The summed E-state index contributed by atoms with van der Waals surface area (Å²) < 4.78 is 0. The number of hydrogen-bond donors (Lipinski definition) is 1. The van der Waals surface area contributed by atoms with Gasteiger partial charge in [0.05, 0.1) is 10.8 Å². The first-order valence-electron chi connectivity index (χ1n) is 6.66. The van der Waals surface area contributed by atoms with Gasteiger partial charge in [0.1, 0.15) is 0 Å². The number of benzene rings is 1. The van der Waals surface area contributed by atoms with E-state index >= 15 is 0 Å².